The number of halogens is 1. The number of nitro benzene ring substituents is 1. The first-order valence-corrected chi connectivity index (χ1v) is 26.3. The molecule has 1 aliphatic carbocycles. The number of piperazine rings is 1. The van der Waals surface area contributed by atoms with Crippen LogP contribution >= 0.6 is 11.6 Å². The molecule has 0 bridgehead atoms. The number of fused-ring (bicyclic) bond motifs is 2. The molecule has 1 amide bonds. The summed E-state index contributed by atoms with van der Waals surface area (Å²) in [7, 11) is -8.01. The normalized spacial score (nSPS) is 19.8. The van der Waals surface area contributed by atoms with Crippen LogP contribution in [0.2, 0.25) is 5.02 Å². The molecule has 0 saturated carbocycles. The van der Waals surface area contributed by atoms with E-state index in [-0.39, 0.29) is 52.9 Å². The topological polar surface area (TPSA) is 197 Å². The van der Waals surface area contributed by atoms with Crippen LogP contribution in [0.5, 0.6) is 17.2 Å². The molecule has 3 aliphatic heterocycles. The molecule has 0 unspecified atom stereocenters. The van der Waals surface area contributed by atoms with Gasteiger partial charge in [-0.2, -0.15) is 0 Å². The van der Waals surface area contributed by atoms with Gasteiger partial charge in [-0.3, -0.25) is 19.8 Å². The number of anilines is 1. The number of pyridine rings is 1. The first kappa shape index (κ1) is 46.6. The van der Waals surface area contributed by atoms with Crippen LogP contribution in [-0.2, 0) is 26.5 Å². The minimum Gasteiger partial charge on any atom is -0.493 e. The van der Waals surface area contributed by atoms with Gasteiger partial charge in [-0.1, -0.05) is 43.2 Å². The fourth-order valence-corrected chi connectivity index (χ4v) is 12.0. The van der Waals surface area contributed by atoms with E-state index in [1.165, 1.54) is 45.6 Å². The summed E-state index contributed by atoms with van der Waals surface area (Å²) >= 11 is 6.25. The molecule has 3 aromatic carbocycles. The monoisotopic (exact) mass is 971 g/mol. The number of aromatic amines is 1. The van der Waals surface area contributed by atoms with E-state index >= 15 is 0 Å². The maximum atomic E-state index is 14.1. The third-order valence-corrected chi connectivity index (χ3v) is 16.7. The number of sulfonamides is 2. The summed E-state index contributed by atoms with van der Waals surface area (Å²) in [5, 5.41) is 13.9. The lowest BCUT2D eigenvalue weighted by Gasteiger charge is -2.39. The number of allylic oxidation sites excluding steroid dienone is 1. The SMILES string of the molecule is CC1(C)CCC(CN2CCN(c3ccc(C(=O)NS(=O)(=O)c4cc5c(c([N+](=O)[O-])c4)C[C@@H](C4CCN(S(C)(=O)=O)CC4)CO5)c(Oc4cnc5[nH]ccc5c4)c3)CC2)=C(c2ccc(Cl)cc2)C1. The molecular formula is C48H54ClN7O9S2. The summed E-state index contributed by atoms with van der Waals surface area (Å²) < 4.78 is 68.0. The van der Waals surface area contributed by atoms with E-state index in [0.717, 1.165) is 61.1 Å². The number of H-pyrrole nitrogens is 1. The van der Waals surface area contributed by atoms with Gasteiger partial charge in [0.05, 0.1) is 40.0 Å². The lowest BCUT2D eigenvalue weighted by atomic mass is 9.72. The zero-order chi connectivity index (χ0) is 47.3. The number of carbonyl (C=O) groups is 1. The van der Waals surface area contributed by atoms with Crippen molar-refractivity contribution in [3.63, 3.8) is 0 Å². The number of ether oxygens (including phenoxy) is 2. The van der Waals surface area contributed by atoms with Crippen molar-refractivity contribution < 1.29 is 36.0 Å². The van der Waals surface area contributed by atoms with Crippen molar-refractivity contribution in [3.8, 4) is 17.2 Å². The molecule has 1 atom stereocenters. The van der Waals surface area contributed by atoms with E-state index in [0.29, 0.717) is 50.4 Å². The minimum absolute atomic E-state index is 0.0504. The first-order valence-electron chi connectivity index (χ1n) is 22.5. The second-order valence-corrected chi connectivity index (χ2v) is 23.0. The molecule has 2 saturated heterocycles. The highest BCUT2D eigenvalue weighted by atomic mass is 35.5. The van der Waals surface area contributed by atoms with Gasteiger partial charge in [-0.05, 0) is 97.4 Å². The van der Waals surface area contributed by atoms with Crippen LogP contribution in [-0.4, -0.2) is 106 Å². The van der Waals surface area contributed by atoms with E-state index in [9.17, 15) is 31.7 Å². The number of nitrogens with one attached hydrogen (secondary N) is 2. The molecule has 2 aromatic heterocycles. The lowest BCUT2D eigenvalue weighted by molar-refractivity contribution is -0.386. The number of aromatic nitrogens is 2. The first-order chi connectivity index (χ1) is 31.9. The van der Waals surface area contributed by atoms with E-state index in [2.05, 4.69) is 50.5 Å². The van der Waals surface area contributed by atoms with Gasteiger partial charge in [0.15, 0.2) is 0 Å². The van der Waals surface area contributed by atoms with Crippen LogP contribution in [0.3, 0.4) is 0 Å². The maximum Gasteiger partial charge on any atom is 0.277 e. The smallest absolute Gasteiger partial charge is 0.277 e. The molecule has 9 rings (SSSR count). The summed E-state index contributed by atoms with van der Waals surface area (Å²) in [5.41, 5.74) is 5.45. The molecule has 19 heteroatoms. The number of carbonyl (C=O) groups excluding carboxylic acids is 1. The molecule has 0 spiro atoms. The van der Waals surface area contributed by atoms with Gasteiger partial charge in [0, 0.05) is 92.2 Å². The van der Waals surface area contributed by atoms with Crippen molar-refractivity contribution >= 4 is 65.5 Å². The Hall–Kier alpha value is -5.53. The Morgan fingerprint density at radius 2 is 1.73 bits per heavy atom. The van der Waals surface area contributed by atoms with Crippen LogP contribution < -0.4 is 19.1 Å². The molecule has 2 fully saturated rings. The summed E-state index contributed by atoms with van der Waals surface area (Å²) in [5.74, 6) is -0.588. The van der Waals surface area contributed by atoms with Gasteiger partial charge in [0.1, 0.15) is 22.9 Å². The Labute approximate surface area is 395 Å². The molecule has 0 radical (unpaired) electrons. The molecule has 2 N–H and O–H groups in total. The van der Waals surface area contributed by atoms with Crippen molar-refractivity contribution in [1.82, 2.24) is 23.9 Å². The van der Waals surface area contributed by atoms with Crippen molar-refractivity contribution in [2.24, 2.45) is 17.3 Å². The van der Waals surface area contributed by atoms with Crippen molar-refractivity contribution in [1.29, 1.82) is 0 Å². The van der Waals surface area contributed by atoms with Crippen LogP contribution in [0.25, 0.3) is 16.6 Å². The van der Waals surface area contributed by atoms with Gasteiger partial charge < -0.3 is 19.4 Å². The van der Waals surface area contributed by atoms with Gasteiger partial charge in [0.25, 0.3) is 21.6 Å². The van der Waals surface area contributed by atoms with Crippen LogP contribution in [0.4, 0.5) is 11.4 Å². The van der Waals surface area contributed by atoms with E-state index in [1.54, 1.807) is 24.4 Å². The maximum absolute atomic E-state index is 14.1. The van der Waals surface area contributed by atoms with Crippen molar-refractivity contribution in [2.75, 3.05) is 63.6 Å². The number of piperidine rings is 1. The Balaban J connectivity index is 0.932. The van der Waals surface area contributed by atoms with Gasteiger partial charge >= 0.3 is 0 Å². The van der Waals surface area contributed by atoms with Gasteiger partial charge in [-0.15, -0.1) is 0 Å². The predicted octanol–water partition coefficient (Wildman–Crippen LogP) is 8.04. The number of benzene rings is 3. The fraction of sp³-hybridized carbons (Fsp3) is 0.417. The van der Waals surface area contributed by atoms with Crippen LogP contribution in [0, 0.1) is 27.4 Å². The number of amides is 1. The number of rotatable bonds is 12. The quantitative estimate of drug-likeness (QED) is 0.0903. The summed E-state index contributed by atoms with van der Waals surface area (Å²) in [6.45, 7) is 9.40. The average Bonchev–Trinajstić information content (AvgIpc) is 3.77. The molecule has 67 heavy (non-hydrogen) atoms. The minimum atomic E-state index is -4.69. The van der Waals surface area contributed by atoms with E-state index < -0.39 is 41.5 Å². The number of hydrogen-bond acceptors (Lipinski definition) is 12. The largest absolute Gasteiger partial charge is 0.493 e. The summed E-state index contributed by atoms with van der Waals surface area (Å²) in [6.07, 6.45) is 9.00. The van der Waals surface area contributed by atoms with Crippen molar-refractivity contribution in [3.05, 3.63) is 117 Å². The Morgan fingerprint density at radius 1 is 0.985 bits per heavy atom. The van der Waals surface area contributed by atoms with Crippen molar-refractivity contribution in [2.45, 2.75) is 57.3 Å². The highest BCUT2D eigenvalue weighted by Gasteiger charge is 2.37. The highest BCUT2D eigenvalue weighted by molar-refractivity contribution is 7.90. The van der Waals surface area contributed by atoms with E-state index in [1.807, 2.05) is 18.2 Å². The summed E-state index contributed by atoms with van der Waals surface area (Å²) in [6, 6.07) is 18.9. The van der Waals surface area contributed by atoms with E-state index in [4.69, 9.17) is 21.1 Å². The Kier molecular flexibility index (Phi) is 12.9. The molecule has 16 nitrogen and oxygen atoms in total. The van der Waals surface area contributed by atoms with Gasteiger partial charge in [0.2, 0.25) is 10.0 Å². The second-order valence-electron chi connectivity index (χ2n) is 18.9. The standard InChI is InChI=1S/C48H54ClN7O9S2/c1-48(2)14-10-34(42(27-48)32-4-6-36(49)7-5-32)29-53-18-20-54(21-19-53)37-8-9-40(45(24-37)65-38-22-33-11-15-50-46(33)51-28-38)47(57)52-67(62,63)39-25-43(56(58)59)41-23-35(30-64-44(41)26-39)31-12-16-55(17-13-31)66(3,60)61/h4-9,11,15,22,24-26,28,31,35H,10,12-14,16-21,23,27,29-30H2,1-3H3,(H,50,51)(H,52,57)/t35-/m1/s1. The average molecular weight is 973 g/mol. The molecule has 4 aliphatic rings. The zero-order valence-electron chi connectivity index (χ0n) is 37.7. The third kappa shape index (κ3) is 10.3. The number of hydrogen-bond donors (Lipinski definition) is 2. The van der Waals surface area contributed by atoms with Crippen LogP contribution in [0.1, 0.15) is 67.4 Å². The highest BCUT2D eigenvalue weighted by Crippen LogP contribution is 2.44. The number of nitrogens with zero attached hydrogens (tertiary/aromatic N) is 5. The van der Waals surface area contributed by atoms with Crippen LogP contribution in [0.15, 0.2) is 89.6 Å². The van der Waals surface area contributed by atoms with Gasteiger partial charge in [-0.25, -0.2) is 30.8 Å². The summed E-state index contributed by atoms with van der Waals surface area (Å²) in [4.78, 5) is 37.5. The Bertz CT molecular complexity index is 2980. The zero-order valence-corrected chi connectivity index (χ0v) is 40.1. The molecular weight excluding hydrogens is 918 g/mol. The second kappa shape index (κ2) is 18.5. The molecule has 5 heterocycles. The predicted molar refractivity (Wildman–Crippen MR) is 257 cm³/mol. The fourth-order valence-electron chi connectivity index (χ4n) is 9.97. The molecule has 354 valence electrons. The Morgan fingerprint density at radius 3 is 2.45 bits per heavy atom. The third-order valence-electron chi connectivity index (χ3n) is 13.8. The molecule has 5 aromatic rings. The lowest BCUT2D eigenvalue weighted by Crippen LogP contribution is -2.47. The number of nitro groups is 1.